The monoisotopic (exact) mass is 694 g/mol. The Kier molecular flexibility index (Phi) is 12.3. The van der Waals surface area contributed by atoms with E-state index in [2.05, 4.69) is 140 Å². The molecule has 2 aromatic carbocycles. The molecule has 2 heterocycles. The van der Waals surface area contributed by atoms with Gasteiger partial charge in [-0.15, -0.1) is 44.9 Å². The Bertz CT molecular complexity index is 1410. The smallest absolute Gasteiger partial charge is 1.00 e. The SMILES string of the molecule is Cc1ccc(C2[C-]=Cc3c2cccc3C(C)(C)C)s1.Cc1ccc(C2[C-]=Cc3c2cccc3C(C)(C)C)s1.[Cl-].[Cl-].[Zr+4]. The zero-order valence-corrected chi connectivity index (χ0v) is 30.8. The molecule has 0 bridgehead atoms. The van der Waals surface area contributed by atoms with Crippen LogP contribution in [0.4, 0.5) is 0 Å². The van der Waals surface area contributed by atoms with E-state index in [1.54, 1.807) is 0 Å². The number of allylic oxidation sites excluding steroid dienone is 2. The summed E-state index contributed by atoms with van der Waals surface area (Å²) in [6.45, 7) is 18.0. The number of aryl methyl sites for hydroxylation is 2. The molecule has 0 N–H and O–H groups in total. The van der Waals surface area contributed by atoms with Crippen LogP contribution in [0.15, 0.2) is 60.7 Å². The van der Waals surface area contributed by atoms with Crippen LogP contribution in [-0.2, 0) is 37.0 Å². The van der Waals surface area contributed by atoms with Gasteiger partial charge in [0.15, 0.2) is 0 Å². The van der Waals surface area contributed by atoms with Crippen molar-refractivity contribution in [2.24, 2.45) is 0 Å². The van der Waals surface area contributed by atoms with Crippen LogP contribution >= 0.6 is 22.7 Å². The van der Waals surface area contributed by atoms with Gasteiger partial charge in [-0.1, -0.05) is 89.8 Å². The van der Waals surface area contributed by atoms with Crippen molar-refractivity contribution >= 4 is 34.8 Å². The molecule has 2 unspecified atom stereocenters. The van der Waals surface area contributed by atoms with Gasteiger partial charge in [-0.05, 0) is 58.7 Å². The van der Waals surface area contributed by atoms with Crippen LogP contribution in [0.3, 0.4) is 0 Å². The van der Waals surface area contributed by atoms with E-state index in [1.807, 2.05) is 22.7 Å². The van der Waals surface area contributed by atoms with E-state index in [0.717, 1.165) is 0 Å². The van der Waals surface area contributed by atoms with Crippen LogP contribution in [0.5, 0.6) is 0 Å². The molecule has 0 radical (unpaired) electrons. The normalized spacial score (nSPS) is 16.5. The van der Waals surface area contributed by atoms with Crippen LogP contribution in [-0.4, -0.2) is 0 Å². The first-order valence-electron chi connectivity index (χ1n) is 13.5. The second kappa shape index (κ2) is 14.0. The Morgan fingerprint density at radius 2 is 0.927 bits per heavy atom. The Balaban J connectivity index is 0.000000267. The zero-order chi connectivity index (χ0) is 27.2. The van der Waals surface area contributed by atoms with Gasteiger partial charge in [0.05, 0.1) is 0 Å². The number of rotatable bonds is 2. The molecule has 6 rings (SSSR count). The van der Waals surface area contributed by atoms with E-state index in [1.165, 1.54) is 52.9 Å². The summed E-state index contributed by atoms with van der Waals surface area (Å²) in [6, 6.07) is 22.3. The van der Waals surface area contributed by atoms with Crippen LogP contribution in [0, 0.1) is 26.0 Å². The summed E-state index contributed by atoms with van der Waals surface area (Å²) in [6.07, 6.45) is 11.5. The van der Waals surface area contributed by atoms with Gasteiger partial charge in [-0.25, -0.2) is 12.2 Å². The zero-order valence-electron chi connectivity index (χ0n) is 25.2. The van der Waals surface area contributed by atoms with Crippen LogP contribution in [0.25, 0.3) is 12.2 Å². The summed E-state index contributed by atoms with van der Waals surface area (Å²) in [5.41, 5.74) is 8.80. The minimum Gasteiger partial charge on any atom is -1.00 e. The third-order valence-electron chi connectivity index (χ3n) is 7.40. The van der Waals surface area contributed by atoms with Gasteiger partial charge in [-0.3, -0.25) is 12.2 Å². The maximum absolute atomic E-state index is 3.55. The Morgan fingerprint density at radius 1 is 0.561 bits per heavy atom. The molecule has 41 heavy (non-hydrogen) atoms. The van der Waals surface area contributed by atoms with Crippen molar-refractivity contribution in [1.29, 1.82) is 0 Å². The van der Waals surface area contributed by atoms with Crippen molar-refractivity contribution < 1.29 is 51.0 Å². The molecule has 0 nitrogen and oxygen atoms in total. The van der Waals surface area contributed by atoms with Gasteiger partial charge in [-0.2, -0.15) is 11.1 Å². The third-order valence-corrected chi connectivity index (χ3v) is 9.53. The largest absolute Gasteiger partial charge is 4.00 e. The molecule has 5 heteroatoms. The van der Waals surface area contributed by atoms with Crippen LogP contribution in [0.2, 0.25) is 0 Å². The van der Waals surface area contributed by atoms with E-state index in [-0.39, 0.29) is 61.8 Å². The molecule has 0 saturated carbocycles. The van der Waals surface area contributed by atoms with Gasteiger partial charge >= 0.3 is 26.2 Å². The van der Waals surface area contributed by atoms with E-state index in [9.17, 15) is 0 Å². The van der Waals surface area contributed by atoms with Gasteiger partial charge in [0.2, 0.25) is 0 Å². The van der Waals surface area contributed by atoms with E-state index in [4.69, 9.17) is 0 Å². The molecule has 0 amide bonds. The van der Waals surface area contributed by atoms with E-state index >= 15 is 0 Å². The summed E-state index contributed by atoms with van der Waals surface area (Å²) in [4.78, 5) is 5.55. The second-order valence-electron chi connectivity index (χ2n) is 12.5. The third kappa shape index (κ3) is 7.66. The summed E-state index contributed by atoms with van der Waals surface area (Å²) in [5, 5.41) is 0. The summed E-state index contributed by atoms with van der Waals surface area (Å²) in [7, 11) is 0. The molecular weight excluding hydrogens is 659 g/mol. The Labute approximate surface area is 287 Å². The Hall–Kier alpha value is -1.22. The average molecular weight is 697 g/mol. The maximum Gasteiger partial charge on any atom is 4.00 e. The van der Waals surface area contributed by atoms with Gasteiger partial charge in [0.1, 0.15) is 0 Å². The number of benzene rings is 2. The van der Waals surface area contributed by atoms with Crippen molar-refractivity contribution in [3.63, 3.8) is 0 Å². The molecular formula is C36H38Cl2S2Zr. The number of fused-ring (bicyclic) bond motifs is 2. The van der Waals surface area contributed by atoms with E-state index in [0.29, 0.717) is 11.8 Å². The molecule has 0 spiro atoms. The van der Waals surface area contributed by atoms with Gasteiger partial charge < -0.3 is 24.8 Å². The van der Waals surface area contributed by atoms with Crippen molar-refractivity contribution in [3.8, 4) is 0 Å². The predicted molar refractivity (Wildman–Crippen MR) is 167 cm³/mol. The summed E-state index contributed by atoms with van der Waals surface area (Å²) < 4.78 is 0. The molecule has 2 atom stereocenters. The second-order valence-corrected chi connectivity index (χ2v) is 15.1. The first kappa shape index (κ1) is 36.0. The minimum atomic E-state index is 0. The topological polar surface area (TPSA) is 0 Å². The van der Waals surface area contributed by atoms with Crippen LogP contribution in [0.1, 0.15) is 106 Å². The maximum atomic E-state index is 3.55. The summed E-state index contributed by atoms with van der Waals surface area (Å²) in [5.74, 6) is 0.659. The molecule has 4 aromatic rings. The standard InChI is InChI=1S/2C18H19S.2ClH.Zr/c2*1-12-8-11-17(19-12)15-10-9-14-13(15)6-5-7-16(14)18(2,3)4;;;/h2*5-9,11,15H,1-4H3;2*1H;/q2*-1;;;+4/p-2. The Morgan fingerprint density at radius 3 is 1.22 bits per heavy atom. The number of halogens is 2. The average Bonchev–Trinajstić information content (AvgIpc) is 3.63. The van der Waals surface area contributed by atoms with Crippen LogP contribution < -0.4 is 24.8 Å². The molecule has 212 valence electrons. The van der Waals surface area contributed by atoms with Gasteiger partial charge in [0.25, 0.3) is 0 Å². The fourth-order valence-electron chi connectivity index (χ4n) is 5.50. The van der Waals surface area contributed by atoms with Crippen molar-refractivity contribution in [2.45, 2.75) is 78.1 Å². The van der Waals surface area contributed by atoms with Crippen molar-refractivity contribution in [2.75, 3.05) is 0 Å². The quantitative estimate of drug-likeness (QED) is 0.268. The molecule has 0 aliphatic heterocycles. The predicted octanol–water partition coefficient (Wildman–Crippen LogP) is 4.64. The molecule has 0 saturated heterocycles. The number of thiophene rings is 2. The minimum absolute atomic E-state index is 0. The molecule has 2 aliphatic carbocycles. The van der Waals surface area contributed by atoms with Crippen molar-refractivity contribution in [1.82, 2.24) is 0 Å². The van der Waals surface area contributed by atoms with E-state index < -0.39 is 0 Å². The molecule has 0 fully saturated rings. The fraction of sp³-hybridized carbons (Fsp3) is 0.333. The molecule has 2 aliphatic rings. The number of hydrogen-bond acceptors (Lipinski definition) is 2. The van der Waals surface area contributed by atoms with Crippen molar-refractivity contribution in [3.05, 3.63) is 126 Å². The van der Waals surface area contributed by atoms with Gasteiger partial charge in [0, 0.05) is 9.75 Å². The fourth-order valence-corrected chi connectivity index (χ4v) is 7.41. The first-order chi connectivity index (χ1) is 17.9. The molecule has 2 aromatic heterocycles. The summed E-state index contributed by atoms with van der Waals surface area (Å²) >= 11 is 3.76. The first-order valence-corrected chi connectivity index (χ1v) is 15.1. The number of hydrogen-bond donors (Lipinski definition) is 0.